The first-order valence-electron chi connectivity index (χ1n) is 44.3. The molecule has 1 heterocycles. The van der Waals surface area contributed by atoms with Gasteiger partial charge in [-0.1, -0.05) is 160 Å². The Morgan fingerprint density at radius 1 is 0.359 bits per heavy atom. The van der Waals surface area contributed by atoms with Gasteiger partial charge in [-0.25, -0.2) is 0 Å². The molecule has 0 radical (unpaired) electrons. The monoisotopic (exact) mass is 1720 g/mol. The molecule has 7 fully saturated rings. The number of carbonyl (C=O) groups excluding carboxylic acids is 10. The van der Waals surface area contributed by atoms with Crippen molar-refractivity contribution in [3.05, 3.63) is 0 Å². The van der Waals surface area contributed by atoms with Crippen molar-refractivity contribution >= 4 is 94.5 Å². The standard InChI is InChI=1S/C18H32O4.C16H25Cl3O4.C16H28O4.C15H26O4.C13H22O4.C13H24O3/c1-4-13-10-14(5-2)15(11-13)16(12-17(19)20-3)22-18-8-6-7-9-21-18;1-6-9-8-10(7-2)12(14(21)23-16(17,18)19)11(9)13(20)22-15(3,4)5;1-7-10-9-11(8-2)13(12(10)14(17)19-6)15(18)20-16(3,4)5;1-5-11-7-12(6-2)13(8-11)14(19-10(3)16)9-15(17)18-4;1-5-8-7-9(6-2)11(13(15)17-4)10(8)12(14)16-3;1-5-9-7-10(6-2)12(13(14)16-4)11(9)8-15-3/h13-16,18H,4-12H2,1-3H3;9-12H,6-8H2,1-5H3;10-13H,7-9H2,1-6H3;11-14H,5-9H2,1-4H3;8-11H,5-7H2,1-4H3;9-12H,5-8H2,1-4H3. The van der Waals surface area contributed by atoms with Gasteiger partial charge in [0.05, 0.1) is 110 Å². The lowest BCUT2D eigenvalue weighted by atomic mass is 9.85. The van der Waals surface area contributed by atoms with Gasteiger partial charge in [-0.15, -0.1) is 0 Å². The van der Waals surface area contributed by atoms with E-state index in [0.717, 1.165) is 135 Å². The van der Waals surface area contributed by atoms with E-state index in [2.05, 4.69) is 55.4 Å². The third kappa shape index (κ3) is 34.2. The van der Waals surface area contributed by atoms with Crippen molar-refractivity contribution in [3.8, 4) is 0 Å². The molecule has 7 rings (SSSR count). The highest BCUT2D eigenvalue weighted by molar-refractivity contribution is 6.66. The van der Waals surface area contributed by atoms with Gasteiger partial charge in [-0.2, -0.15) is 0 Å². The van der Waals surface area contributed by atoms with Gasteiger partial charge in [0.25, 0.3) is 0 Å². The molecular weight excluding hydrogens is 1570 g/mol. The predicted octanol–water partition coefficient (Wildman–Crippen LogP) is 19.5. The molecule has 1 aliphatic heterocycles. The molecule has 6 aliphatic carbocycles. The van der Waals surface area contributed by atoms with Crippen molar-refractivity contribution in [2.45, 2.75) is 326 Å². The minimum Gasteiger partial charge on any atom is -0.469 e. The molecule has 0 aromatic carbocycles. The third-order valence-electron chi connectivity index (χ3n) is 26.3. The Labute approximate surface area is 719 Å². The van der Waals surface area contributed by atoms with E-state index in [0.29, 0.717) is 54.5 Å². The van der Waals surface area contributed by atoms with E-state index in [1.807, 2.05) is 48.5 Å². The summed E-state index contributed by atoms with van der Waals surface area (Å²) < 4.78 is 65.6. The topological polar surface area (TPSA) is 291 Å². The Kier molecular flexibility index (Phi) is 50.2. The summed E-state index contributed by atoms with van der Waals surface area (Å²) in [5, 5.41) is 0. The van der Waals surface area contributed by atoms with Gasteiger partial charge < -0.3 is 61.6 Å². The first-order chi connectivity index (χ1) is 55.1. The second-order valence-electron chi connectivity index (χ2n) is 35.5. The number of alkyl halides is 3. The van der Waals surface area contributed by atoms with Crippen LogP contribution in [0, 0.1) is 130 Å². The number of ether oxygens (including phenoxy) is 13. The molecular formula is C91H157Cl3O23. The highest BCUT2D eigenvalue weighted by Crippen LogP contribution is 2.52. The lowest BCUT2D eigenvalue weighted by Gasteiger charge is -2.32. The maximum absolute atomic E-state index is 12.6. The number of carbonyl (C=O) groups is 10. The van der Waals surface area contributed by atoms with E-state index in [1.54, 1.807) is 27.9 Å². The van der Waals surface area contributed by atoms with Crippen LogP contribution >= 0.6 is 34.8 Å². The first-order valence-corrected chi connectivity index (χ1v) is 45.4. The molecule has 0 N–H and O–H groups in total. The summed E-state index contributed by atoms with van der Waals surface area (Å²) in [6.45, 7) is 39.2. The van der Waals surface area contributed by atoms with Crippen LogP contribution in [0.15, 0.2) is 0 Å². The Bertz CT molecular complexity index is 2890. The summed E-state index contributed by atoms with van der Waals surface area (Å²) in [5.41, 5.74) is -1.15. The third-order valence-corrected chi connectivity index (χ3v) is 26.6. The predicted molar refractivity (Wildman–Crippen MR) is 453 cm³/mol. The van der Waals surface area contributed by atoms with Crippen molar-refractivity contribution < 1.29 is 110 Å². The molecule has 25 atom stereocenters. The van der Waals surface area contributed by atoms with Crippen molar-refractivity contribution in [1.82, 2.24) is 0 Å². The second-order valence-corrected chi connectivity index (χ2v) is 37.6. The molecule has 680 valence electrons. The minimum absolute atomic E-state index is 0.0114. The molecule has 0 aromatic rings. The van der Waals surface area contributed by atoms with Crippen LogP contribution in [0.25, 0.3) is 0 Å². The summed E-state index contributed by atoms with van der Waals surface area (Å²) in [6.07, 6.45) is 23.4. The zero-order valence-electron chi connectivity index (χ0n) is 76.5. The maximum atomic E-state index is 12.6. The molecule has 1 saturated heterocycles. The number of hydrogen-bond acceptors (Lipinski definition) is 23. The van der Waals surface area contributed by atoms with Gasteiger partial charge in [-0.3, -0.25) is 47.9 Å². The van der Waals surface area contributed by atoms with E-state index in [1.165, 1.54) is 75.3 Å². The molecule has 25 unspecified atom stereocenters. The van der Waals surface area contributed by atoms with E-state index in [4.69, 9.17) is 96.4 Å². The summed E-state index contributed by atoms with van der Waals surface area (Å²) in [6, 6.07) is 0. The van der Waals surface area contributed by atoms with Crippen LogP contribution in [-0.2, 0) is 110 Å². The van der Waals surface area contributed by atoms with Crippen LogP contribution in [0.5, 0.6) is 0 Å². The van der Waals surface area contributed by atoms with Gasteiger partial charge in [0.1, 0.15) is 17.3 Å². The zero-order chi connectivity index (χ0) is 89.0. The van der Waals surface area contributed by atoms with Crippen LogP contribution in [-0.4, -0.2) is 156 Å². The number of rotatable bonds is 30. The van der Waals surface area contributed by atoms with Crippen molar-refractivity contribution in [2.24, 2.45) is 130 Å². The summed E-state index contributed by atoms with van der Waals surface area (Å²) >= 11 is 16.7. The molecule has 0 bridgehead atoms. The minimum atomic E-state index is -2.13. The van der Waals surface area contributed by atoms with Crippen LogP contribution in [0.1, 0.15) is 292 Å². The van der Waals surface area contributed by atoms with E-state index < -0.39 is 33.0 Å². The van der Waals surface area contributed by atoms with Crippen LogP contribution in [0.3, 0.4) is 0 Å². The Morgan fingerprint density at radius 2 is 0.667 bits per heavy atom. The van der Waals surface area contributed by atoms with Crippen LogP contribution in [0.4, 0.5) is 0 Å². The molecule has 0 aromatic heterocycles. The Morgan fingerprint density at radius 3 is 0.949 bits per heavy atom. The lowest BCUT2D eigenvalue weighted by molar-refractivity contribution is -0.205. The van der Waals surface area contributed by atoms with Gasteiger partial charge in [0.2, 0.25) is 0 Å². The van der Waals surface area contributed by atoms with Gasteiger partial charge in [-0.05, 0) is 236 Å². The van der Waals surface area contributed by atoms with E-state index >= 15 is 0 Å². The smallest absolute Gasteiger partial charge is 0.340 e. The van der Waals surface area contributed by atoms with Crippen molar-refractivity contribution in [3.63, 3.8) is 0 Å². The van der Waals surface area contributed by atoms with E-state index in [-0.39, 0.29) is 150 Å². The summed E-state index contributed by atoms with van der Waals surface area (Å²) in [4.78, 5) is 120. The Balaban J connectivity index is 0.000000478. The molecule has 26 heteroatoms. The molecule has 23 nitrogen and oxygen atoms in total. The van der Waals surface area contributed by atoms with E-state index in [9.17, 15) is 47.9 Å². The Hall–Kier alpha value is -4.55. The normalized spacial score (nSPS) is 30.9. The van der Waals surface area contributed by atoms with Crippen molar-refractivity contribution in [2.75, 3.05) is 63.0 Å². The van der Waals surface area contributed by atoms with Crippen LogP contribution in [0.2, 0.25) is 0 Å². The second kappa shape index (κ2) is 54.2. The largest absolute Gasteiger partial charge is 0.469 e. The van der Waals surface area contributed by atoms with Gasteiger partial charge in [0, 0.05) is 20.6 Å². The summed E-state index contributed by atoms with van der Waals surface area (Å²) in [7, 11) is 10.2. The van der Waals surface area contributed by atoms with Crippen LogP contribution < -0.4 is 0 Å². The number of methoxy groups -OCH3 is 7. The molecule has 7 aliphatic rings. The first kappa shape index (κ1) is 109. The van der Waals surface area contributed by atoms with Gasteiger partial charge in [0.15, 0.2) is 6.29 Å². The molecule has 0 amide bonds. The SMILES string of the molecule is CCC1CC(CC)C(C(=O)OC(C)(C)C)C1C(=O)OC.CCC1CC(CC)C(C(=O)OC(Cl)(Cl)Cl)C1C(=O)OC(C)(C)C.CCC1CC(CC)C(C(=O)OC)C1C(=O)OC.CCC1CC(CC)C(C(=O)OC)C1COC.CCC1CC(CC)C(C(CC(=O)OC)OC(C)=O)C1.CCC1CC(CC)C(C(CC(=O)OC)OC2CCCCO2)C1. The molecule has 0 spiro atoms. The average molecular weight is 1730 g/mol. The number of esters is 10. The number of hydrogen-bond donors (Lipinski definition) is 0. The highest BCUT2D eigenvalue weighted by atomic mass is 35.6. The highest BCUT2D eigenvalue weighted by Gasteiger charge is 2.55. The molecule has 117 heavy (non-hydrogen) atoms. The number of halogens is 3. The fourth-order valence-corrected chi connectivity index (χ4v) is 20.5. The zero-order valence-corrected chi connectivity index (χ0v) is 78.8. The lowest BCUT2D eigenvalue weighted by Crippen LogP contribution is -2.38. The quantitative estimate of drug-likeness (QED) is 0.0367. The molecule has 6 saturated carbocycles. The average Bonchev–Trinajstić information content (AvgIpc) is 1.55. The van der Waals surface area contributed by atoms with Crippen molar-refractivity contribution in [1.29, 1.82) is 0 Å². The van der Waals surface area contributed by atoms with Gasteiger partial charge >= 0.3 is 63.7 Å². The fraction of sp³-hybridized carbons (Fsp3) is 0.890. The maximum Gasteiger partial charge on any atom is 0.340 e. The summed E-state index contributed by atoms with van der Waals surface area (Å²) in [5.74, 6) is 0.267. The fourth-order valence-electron chi connectivity index (χ4n) is 20.2.